The molecule has 0 aliphatic rings. The molecular weight excluding hydrogens is 289 g/mol. The van der Waals surface area contributed by atoms with E-state index in [0.717, 1.165) is 18.4 Å². The molecule has 1 heterocycles. The second kappa shape index (κ2) is 6.01. The van der Waals surface area contributed by atoms with Crippen molar-refractivity contribution < 1.29 is 27.4 Å². The normalized spacial score (nSPS) is 11.4. The molecule has 0 saturated carbocycles. The summed E-state index contributed by atoms with van der Waals surface area (Å²) in [6.07, 6.45) is -3.53. The third kappa shape index (κ3) is 3.63. The number of benzene rings is 1. The van der Waals surface area contributed by atoms with E-state index in [4.69, 9.17) is 14.3 Å². The molecule has 1 N–H and O–H groups in total. The molecule has 0 fully saturated rings. The zero-order chi connectivity index (χ0) is 15.5. The highest BCUT2D eigenvalue weighted by molar-refractivity contribution is 5.29. The second-order valence-electron chi connectivity index (χ2n) is 4.18. The van der Waals surface area contributed by atoms with Crippen molar-refractivity contribution >= 4 is 0 Å². The van der Waals surface area contributed by atoms with Crippen LogP contribution in [-0.4, -0.2) is 5.11 Å². The average Bonchev–Trinajstić information content (AvgIpc) is 2.45. The molecular formula is C14H11F3O4. The van der Waals surface area contributed by atoms with Crippen molar-refractivity contribution in [1.29, 1.82) is 0 Å². The van der Waals surface area contributed by atoms with Crippen molar-refractivity contribution in [2.45, 2.75) is 19.4 Å². The summed E-state index contributed by atoms with van der Waals surface area (Å²) in [6, 6.07) is 5.95. The number of aliphatic hydroxyl groups is 1. The van der Waals surface area contributed by atoms with Crippen LogP contribution in [0.4, 0.5) is 13.2 Å². The highest BCUT2D eigenvalue weighted by Crippen LogP contribution is 2.32. The Morgan fingerprint density at radius 1 is 1.24 bits per heavy atom. The van der Waals surface area contributed by atoms with E-state index in [1.165, 1.54) is 18.2 Å². The Hall–Kier alpha value is -2.28. The standard InChI is InChI=1S/C14H11F3O4/c15-14(16,17)11-4-2-1-3-9(11)7-21-13-8-20-10(6-18)5-12(13)19/h1-5,8,18H,6-7H2. The zero-order valence-electron chi connectivity index (χ0n) is 10.7. The lowest BCUT2D eigenvalue weighted by atomic mass is 10.1. The van der Waals surface area contributed by atoms with Crippen LogP contribution in [0.15, 0.2) is 45.8 Å². The number of rotatable bonds is 4. The lowest BCUT2D eigenvalue weighted by Gasteiger charge is -2.13. The van der Waals surface area contributed by atoms with Gasteiger partial charge in [0, 0.05) is 11.6 Å². The number of alkyl halides is 3. The predicted octanol–water partition coefficient (Wildman–Crippen LogP) is 2.73. The SMILES string of the molecule is O=c1cc(CO)occ1OCc1ccccc1C(F)(F)F. The molecule has 21 heavy (non-hydrogen) atoms. The Morgan fingerprint density at radius 2 is 1.95 bits per heavy atom. The summed E-state index contributed by atoms with van der Waals surface area (Å²) in [7, 11) is 0. The van der Waals surface area contributed by atoms with Gasteiger partial charge in [-0.15, -0.1) is 0 Å². The van der Waals surface area contributed by atoms with Crippen LogP contribution in [-0.2, 0) is 19.4 Å². The Kier molecular flexibility index (Phi) is 4.32. The topological polar surface area (TPSA) is 59.7 Å². The molecule has 0 unspecified atom stereocenters. The summed E-state index contributed by atoms with van der Waals surface area (Å²) in [6.45, 7) is -0.870. The Balaban J connectivity index is 2.19. The molecule has 7 heteroatoms. The van der Waals surface area contributed by atoms with Gasteiger partial charge in [-0.2, -0.15) is 13.2 Å². The quantitative estimate of drug-likeness (QED) is 0.943. The maximum Gasteiger partial charge on any atom is 0.416 e. The van der Waals surface area contributed by atoms with Gasteiger partial charge in [-0.3, -0.25) is 4.79 Å². The van der Waals surface area contributed by atoms with Crippen LogP contribution in [0.3, 0.4) is 0 Å². The van der Waals surface area contributed by atoms with Gasteiger partial charge in [-0.1, -0.05) is 18.2 Å². The smallest absolute Gasteiger partial charge is 0.416 e. The van der Waals surface area contributed by atoms with Gasteiger partial charge in [-0.25, -0.2) is 0 Å². The molecule has 0 radical (unpaired) electrons. The molecule has 1 aromatic heterocycles. The van der Waals surface area contributed by atoms with E-state index in [2.05, 4.69) is 0 Å². The summed E-state index contributed by atoms with van der Waals surface area (Å²) < 4.78 is 48.3. The van der Waals surface area contributed by atoms with Gasteiger partial charge < -0.3 is 14.3 Å². The first-order chi connectivity index (χ1) is 9.91. The molecule has 0 aliphatic heterocycles. The van der Waals surface area contributed by atoms with E-state index in [9.17, 15) is 18.0 Å². The minimum Gasteiger partial charge on any atom is -0.482 e. The lowest BCUT2D eigenvalue weighted by molar-refractivity contribution is -0.138. The van der Waals surface area contributed by atoms with Crippen LogP contribution in [0.1, 0.15) is 16.9 Å². The zero-order valence-corrected chi connectivity index (χ0v) is 10.7. The van der Waals surface area contributed by atoms with Gasteiger partial charge in [0.2, 0.25) is 11.2 Å². The predicted molar refractivity (Wildman–Crippen MR) is 66.7 cm³/mol. The third-order valence-electron chi connectivity index (χ3n) is 2.71. The van der Waals surface area contributed by atoms with E-state index >= 15 is 0 Å². The molecule has 2 rings (SSSR count). The summed E-state index contributed by atoms with van der Waals surface area (Å²) in [5, 5.41) is 8.79. The van der Waals surface area contributed by atoms with E-state index in [1.807, 2.05) is 0 Å². The molecule has 0 saturated heterocycles. The Bertz CT molecular complexity index is 676. The molecule has 0 bridgehead atoms. The first kappa shape index (κ1) is 15.1. The molecule has 2 aromatic rings. The van der Waals surface area contributed by atoms with Crippen LogP contribution < -0.4 is 10.2 Å². The van der Waals surface area contributed by atoms with Crippen LogP contribution in [0.25, 0.3) is 0 Å². The molecule has 112 valence electrons. The fraction of sp³-hybridized carbons (Fsp3) is 0.214. The van der Waals surface area contributed by atoms with Gasteiger partial charge >= 0.3 is 6.18 Å². The summed E-state index contributed by atoms with van der Waals surface area (Å²) in [5.74, 6) is -0.174. The largest absolute Gasteiger partial charge is 0.482 e. The van der Waals surface area contributed by atoms with Gasteiger partial charge in [0.05, 0.1) is 5.56 Å². The summed E-state index contributed by atoms with van der Waals surface area (Å²) >= 11 is 0. The van der Waals surface area contributed by atoms with Crippen molar-refractivity contribution in [3.05, 3.63) is 63.7 Å². The average molecular weight is 300 g/mol. The van der Waals surface area contributed by atoms with Gasteiger partial charge in [-0.05, 0) is 6.07 Å². The molecule has 0 aliphatic carbocycles. The highest BCUT2D eigenvalue weighted by Gasteiger charge is 2.33. The fourth-order valence-electron chi connectivity index (χ4n) is 1.70. The highest BCUT2D eigenvalue weighted by atomic mass is 19.4. The maximum atomic E-state index is 12.8. The van der Waals surface area contributed by atoms with Crippen molar-refractivity contribution in [3.63, 3.8) is 0 Å². The molecule has 0 spiro atoms. The fourth-order valence-corrected chi connectivity index (χ4v) is 1.70. The van der Waals surface area contributed by atoms with E-state index < -0.39 is 30.4 Å². The molecule has 0 amide bonds. The van der Waals surface area contributed by atoms with E-state index in [-0.39, 0.29) is 17.1 Å². The Labute approximate surface area is 117 Å². The van der Waals surface area contributed by atoms with Gasteiger partial charge in [0.1, 0.15) is 25.2 Å². The van der Waals surface area contributed by atoms with Crippen molar-refractivity contribution in [1.82, 2.24) is 0 Å². The molecule has 1 aromatic carbocycles. The van der Waals surface area contributed by atoms with Gasteiger partial charge in [0.25, 0.3) is 0 Å². The number of aliphatic hydroxyl groups excluding tert-OH is 1. The summed E-state index contributed by atoms with van der Waals surface area (Å²) in [4.78, 5) is 11.6. The van der Waals surface area contributed by atoms with Crippen LogP contribution in [0.5, 0.6) is 5.75 Å². The maximum absolute atomic E-state index is 12.8. The monoisotopic (exact) mass is 300 g/mol. The first-order valence-corrected chi connectivity index (χ1v) is 5.92. The summed E-state index contributed by atoms with van der Waals surface area (Å²) in [5.41, 5.74) is -1.48. The number of halogens is 3. The number of ether oxygens (including phenoxy) is 1. The van der Waals surface area contributed by atoms with Crippen LogP contribution in [0.2, 0.25) is 0 Å². The first-order valence-electron chi connectivity index (χ1n) is 5.92. The lowest BCUT2D eigenvalue weighted by Crippen LogP contribution is -2.13. The third-order valence-corrected chi connectivity index (χ3v) is 2.71. The van der Waals surface area contributed by atoms with Crippen molar-refractivity contribution in [2.24, 2.45) is 0 Å². The Morgan fingerprint density at radius 3 is 2.57 bits per heavy atom. The number of hydrogen-bond acceptors (Lipinski definition) is 4. The van der Waals surface area contributed by atoms with E-state index in [0.29, 0.717) is 0 Å². The molecule has 4 nitrogen and oxygen atoms in total. The second-order valence-corrected chi connectivity index (χ2v) is 4.18. The van der Waals surface area contributed by atoms with Crippen LogP contribution >= 0.6 is 0 Å². The minimum absolute atomic E-state index is 0.0445. The van der Waals surface area contributed by atoms with E-state index in [1.54, 1.807) is 0 Å². The van der Waals surface area contributed by atoms with Crippen LogP contribution in [0, 0.1) is 0 Å². The molecule has 0 atom stereocenters. The van der Waals surface area contributed by atoms with Crippen molar-refractivity contribution in [2.75, 3.05) is 0 Å². The minimum atomic E-state index is -4.49. The number of hydrogen-bond donors (Lipinski definition) is 1. The van der Waals surface area contributed by atoms with Gasteiger partial charge in [0.15, 0.2) is 0 Å². The van der Waals surface area contributed by atoms with Crippen molar-refractivity contribution in [3.8, 4) is 5.75 Å².